The number of carbonyl (C=O) groups excluding carboxylic acids is 1. The minimum absolute atomic E-state index is 0. The van der Waals surface area contributed by atoms with Gasteiger partial charge in [0.1, 0.15) is 5.75 Å². The molecule has 1 aromatic carbocycles. The van der Waals surface area contributed by atoms with Crippen LogP contribution in [-0.4, -0.2) is 35.5 Å². The van der Waals surface area contributed by atoms with Crippen LogP contribution in [0.4, 0.5) is 0 Å². The van der Waals surface area contributed by atoms with Gasteiger partial charge in [-0.05, 0) is 12.1 Å². The van der Waals surface area contributed by atoms with Crippen molar-refractivity contribution in [3.8, 4) is 5.75 Å². The van der Waals surface area contributed by atoms with Gasteiger partial charge in [0.15, 0.2) is 0 Å². The molecule has 0 fully saturated rings. The molecule has 0 aliphatic rings. The van der Waals surface area contributed by atoms with Crippen LogP contribution in [0.1, 0.15) is 13.3 Å². The number of ether oxygens (including phenoxy) is 1. The zero-order valence-corrected chi connectivity index (χ0v) is 9.41. The monoisotopic (exact) mass is 173 g/mol. The Morgan fingerprint density at radius 2 is 1.92 bits per heavy atom. The zero-order valence-electron chi connectivity index (χ0n) is 7.41. The second kappa shape index (κ2) is 6.23. The summed E-state index contributed by atoms with van der Waals surface area (Å²) in [4.78, 5) is 10.8. The molecule has 1 radical (unpaired) electrons. The smallest absolute Gasteiger partial charge is 0.310 e. The molecule has 0 heterocycles. The van der Waals surface area contributed by atoms with Gasteiger partial charge in [-0.25, -0.2) is 0 Å². The van der Waals surface area contributed by atoms with E-state index in [0.29, 0.717) is 12.2 Å². The third-order valence-electron chi connectivity index (χ3n) is 1.26. The van der Waals surface area contributed by atoms with Crippen LogP contribution in [0, 0.1) is 0 Å². The summed E-state index contributed by atoms with van der Waals surface area (Å²) in [5, 5.41) is 0. The summed E-state index contributed by atoms with van der Waals surface area (Å²) in [5.41, 5.74) is 0. The molecule has 0 atom stereocenters. The van der Waals surface area contributed by atoms with E-state index in [4.69, 9.17) is 4.74 Å². The van der Waals surface area contributed by atoms with Gasteiger partial charge in [-0.15, -0.1) is 0 Å². The van der Waals surface area contributed by atoms with Crippen molar-refractivity contribution in [2.45, 2.75) is 13.3 Å². The van der Waals surface area contributed by atoms with E-state index in [9.17, 15) is 4.79 Å². The van der Waals surface area contributed by atoms with E-state index in [0.717, 1.165) is 0 Å². The number of benzene rings is 1. The van der Waals surface area contributed by atoms with Crippen molar-refractivity contribution in [1.82, 2.24) is 0 Å². The first-order chi connectivity index (χ1) is 5.33. The van der Waals surface area contributed by atoms with Crippen LogP contribution >= 0.6 is 0 Å². The summed E-state index contributed by atoms with van der Waals surface area (Å²) in [6.45, 7) is 1.77. The average molecular weight is 173 g/mol. The number of rotatable bonds is 2. The molecular formula is C9H10NaO2. The molecule has 0 unspecified atom stereocenters. The number of hydrogen-bond acceptors (Lipinski definition) is 2. The van der Waals surface area contributed by atoms with E-state index in [1.54, 1.807) is 19.1 Å². The molecule has 1 rings (SSSR count). The van der Waals surface area contributed by atoms with Crippen molar-refractivity contribution in [1.29, 1.82) is 0 Å². The van der Waals surface area contributed by atoms with Crippen LogP contribution in [0.25, 0.3) is 0 Å². The van der Waals surface area contributed by atoms with Crippen molar-refractivity contribution in [3.05, 3.63) is 30.3 Å². The van der Waals surface area contributed by atoms with Crippen molar-refractivity contribution >= 4 is 35.5 Å². The van der Waals surface area contributed by atoms with Gasteiger partial charge in [-0.1, -0.05) is 25.1 Å². The molecule has 0 saturated carbocycles. The first-order valence-corrected chi connectivity index (χ1v) is 3.58. The second-order valence-corrected chi connectivity index (χ2v) is 2.14. The molecule has 0 N–H and O–H groups in total. The van der Waals surface area contributed by atoms with E-state index in [1.807, 2.05) is 18.2 Å². The summed E-state index contributed by atoms with van der Waals surface area (Å²) in [7, 11) is 0. The normalized spacial score (nSPS) is 8.42. The summed E-state index contributed by atoms with van der Waals surface area (Å²) in [6, 6.07) is 9.06. The third-order valence-corrected chi connectivity index (χ3v) is 1.26. The van der Waals surface area contributed by atoms with Gasteiger partial charge in [0.2, 0.25) is 0 Å². The Kier molecular flexibility index (Phi) is 6.07. The van der Waals surface area contributed by atoms with Crippen molar-refractivity contribution in [3.63, 3.8) is 0 Å². The van der Waals surface area contributed by atoms with Crippen LogP contribution in [-0.2, 0) is 4.79 Å². The number of esters is 1. The Balaban J connectivity index is 0.00000121. The Morgan fingerprint density at radius 1 is 1.33 bits per heavy atom. The molecule has 1 aromatic rings. The molecule has 0 saturated heterocycles. The summed E-state index contributed by atoms with van der Waals surface area (Å²) in [6.07, 6.45) is 0.412. The van der Waals surface area contributed by atoms with Crippen LogP contribution in [0.15, 0.2) is 30.3 Å². The van der Waals surface area contributed by atoms with Crippen molar-refractivity contribution in [2.75, 3.05) is 0 Å². The summed E-state index contributed by atoms with van der Waals surface area (Å²) < 4.78 is 4.92. The number of hydrogen-bond donors (Lipinski definition) is 0. The summed E-state index contributed by atoms with van der Waals surface area (Å²) in [5.74, 6) is 0.413. The molecule has 0 spiro atoms. The van der Waals surface area contributed by atoms with E-state index < -0.39 is 0 Å². The standard InChI is InChI=1S/C9H10O2.Na/c1-2-9(10)11-8-6-4-3-5-7-8;/h3-7H,2H2,1H3;. The molecule has 12 heavy (non-hydrogen) atoms. The predicted molar refractivity (Wildman–Crippen MR) is 48.1 cm³/mol. The van der Waals surface area contributed by atoms with Gasteiger partial charge in [-0.3, -0.25) is 4.79 Å². The van der Waals surface area contributed by atoms with Crippen LogP contribution in [0.2, 0.25) is 0 Å². The molecule has 2 nitrogen and oxygen atoms in total. The molecule has 0 aliphatic carbocycles. The second-order valence-electron chi connectivity index (χ2n) is 2.14. The Labute approximate surface area is 94.2 Å². The van der Waals surface area contributed by atoms with Gasteiger partial charge in [0.05, 0.1) is 0 Å². The minimum Gasteiger partial charge on any atom is -0.427 e. The minimum atomic E-state index is -0.198. The largest absolute Gasteiger partial charge is 0.427 e. The maximum absolute atomic E-state index is 10.8. The molecule has 0 aromatic heterocycles. The fourth-order valence-corrected chi connectivity index (χ4v) is 0.692. The van der Waals surface area contributed by atoms with E-state index >= 15 is 0 Å². The topological polar surface area (TPSA) is 26.3 Å². The Morgan fingerprint density at radius 3 is 2.42 bits per heavy atom. The molecule has 59 valence electrons. The SMILES string of the molecule is CCC(=O)Oc1ccccc1.[Na]. The molecule has 0 bridgehead atoms. The Bertz CT molecular complexity index is 234. The number of para-hydroxylation sites is 1. The van der Waals surface area contributed by atoms with Crippen molar-refractivity contribution in [2.24, 2.45) is 0 Å². The number of carbonyl (C=O) groups is 1. The first kappa shape index (κ1) is 11.7. The van der Waals surface area contributed by atoms with Gasteiger partial charge >= 0.3 is 5.97 Å². The van der Waals surface area contributed by atoms with Crippen LogP contribution in [0.5, 0.6) is 5.75 Å². The zero-order chi connectivity index (χ0) is 8.10. The molecule has 3 heteroatoms. The molecular weight excluding hydrogens is 163 g/mol. The molecule has 0 amide bonds. The predicted octanol–water partition coefficient (Wildman–Crippen LogP) is 1.62. The molecule has 0 aliphatic heterocycles. The summed E-state index contributed by atoms with van der Waals surface area (Å²) >= 11 is 0. The Hall–Kier alpha value is -0.310. The van der Waals surface area contributed by atoms with Gasteiger partial charge in [-0.2, -0.15) is 0 Å². The maximum Gasteiger partial charge on any atom is 0.310 e. The third kappa shape index (κ3) is 3.90. The fourth-order valence-electron chi connectivity index (χ4n) is 0.692. The van der Waals surface area contributed by atoms with E-state index in [-0.39, 0.29) is 35.5 Å². The van der Waals surface area contributed by atoms with Gasteiger partial charge in [0.25, 0.3) is 0 Å². The first-order valence-electron chi connectivity index (χ1n) is 3.58. The van der Waals surface area contributed by atoms with E-state index in [1.165, 1.54) is 0 Å². The van der Waals surface area contributed by atoms with E-state index in [2.05, 4.69) is 0 Å². The van der Waals surface area contributed by atoms with Crippen LogP contribution < -0.4 is 4.74 Å². The van der Waals surface area contributed by atoms with Crippen LogP contribution in [0.3, 0.4) is 0 Å². The maximum atomic E-state index is 10.8. The van der Waals surface area contributed by atoms with Crippen molar-refractivity contribution < 1.29 is 9.53 Å². The average Bonchev–Trinajstić information content (AvgIpc) is 2.06. The van der Waals surface area contributed by atoms with Gasteiger partial charge < -0.3 is 4.74 Å². The quantitative estimate of drug-likeness (QED) is 0.386. The fraction of sp³-hybridized carbons (Fsp3) is 0.222. The van der Waals surface area contributed by atoms with Gasteiger partial charge in [0, 0.05) is 36.0 Å².